The van der Waals surface area contributed by atoms with Gasteiger partial charge in [-0.3, -0.25) is 29.5 Å². The van der Waals surface area contributed by atoms with Crippen molar-refractivity contribution in [3.05, 3.63) is 54.6 Å². The van der Waals surface area contributed by atoms with Gasteiger partial charge in [0, 0.05) is 35.0 Å². The van der Waals surface area contributed by atoms with Crippen molar-refractivity contribution in [2.45, 2.75) is 33.2 Å². The molecule has 8 nitrogen and oxygen atoms in total. The summed E-state index contributed by atoms with van der Waals surface area (Å²) in [6, 6.07) is 4.24. The second-order valence-electron chi connectivity index (χ2n) is 6.34. The van der Waals surface area contributed by atoms with Crippen molar-refractivity contribution in [3.63, 3.8) is 0 Å². The fraction of sp³-hybridized carbons (Fsp3) is 0.278. The van der Waals surface area contributed by atoms with Crippen molar-refractivity contribution < 1.29 is 10.0 Å². The number of non-ortho nitro benzene ring substituents is 1. The predicted molar refractivity (Wildman–Crippen MR) is 106 cm³/mol. The molecule has 1 aliphatic rings. The lowest BCUT2D eigenvalue weighted by molar-refractivity contribution is -0.384. The summed E-state index contributed by atoms with van der Waals surface area (Å²) in [7, 11) is 0. The van der Waals surface area contributed by atoms with Gasteiger partial charge in [0.15, 0.2) is 4.77 Å². The van der Waals surface area contributed by atoms with Crippen LogP contribution in [0.1, 0.15) is 44.4 Å². The van der Waals surface area contributed by atoms with Gasteiger partial charge < -0.3 is 5.11 Å². The molecule has 2 heterocycles. The van der Waals surface area contributed by atoms with E-state index >= 15 is 0 Å². The van der Waals surface area contributed by atoms with Crippen LogP contribution in [0.15, 0.2) is 28.0 Å². The fourth-order valence-corrected chi connectivity index (χ4v) is 3.35. The van der Waals surface area contributed by atoms with Gasteiger partial charge >= 0.3 is 0 Å². The molecule has 27 heavy (non-hydrogen) atoms. The third-order valence-electron chi connectivity index (χ3n) is 4.63. The Bertz CT molecular complexity index is 1130. The van der Waals surface area contributed by atoms with Gasteiger partial charge in [-0.1, -0.05) is 6.92 Å². The summed E-state index contributed by atoms with van der Waals surface area (Å²) in [6.07, 6.45) is 2.20. The molecule has 3 rings (SSSR count). The lowest BCUT2D eigenvalue weighted by Crippen LogP contribution is -2.19. The second-order valence-corrected chi connectivity index (χ2v) is 6.72. The number of aromatic hydroxyl groups is 1. The average molecular weight is 386 g/mol. The Morgan fingerprint density at radius 1 is 1.48 bits per heavy atom. The number of fused-ring (bicyclic) bond motifs is 1. The first-order chi connectivity index (χ1) is 12.7. The summed E-state index contributed by atoms with van der Waals surface area (Å²) in [5, 5.41) is 21.8. The largest absolute Gasteiger partial charge is 0.494 e. The molecule has 0 unspecified atom stereocenters. The number of aromatic amines is 1. The molecule has 2 N–H and O–H groups in total. The molecule has 0 aliphatic carbocycles. The van der Waals surface area contributed by atoms with Crippen LogP contribution < -0.4 is 5.56 Å². The highest BCUT2D eigenvalue weighted by atomic mass is 32.1. The van der Waals surface area contributed by atoms with Crippen molar-refractivity contribution in [2.75, 3.05) is 0 Å². The van der Waals surface area contributed by atoms with Crippen LogP contribution in [0, 0.1) is 14.9 Å². The zero-order valence-electron chi connectivity index (χ0n) is 15.0. The number of allylic oxidation sites excluding steroid dienone is 1. The highest BCUT2D eigenvalue weighted by molar-refractivity contribution is 7.71. The number of nitro groups is 1. The summed E-state index contributed by atoms with van der Waals surface area (Å²) >= 11 is 5.17. The number of H-pyrrole nitrogens is 1. The van der Waals surface area contributed by atoms with E-state index < -0.39 is 10.5 Å². The van der Waals surface area contributed by atoms with E-state index in [1.54, 1.807) is 13.0 Å². The Labute approximate surface area is 159 Å². The number of nitrogens with one attached hydrogen (secondary N) is 1. The molecule has 0 radical (unpaired) electrons. The fourth-order valence-electron chi connectivity index (χ4n) is 2.99. The van der Waals surface area contributed by atoms with Gasteiger partial charge in [-0.15, -0.1) is 0 Å². The van der Waals surface area contributed by atoms with Gasteiger partial charge in [0.25, 0.3) is 11.2 Å². The molecule has 9 heteroatoms. The van der Waals surface area contributed by atoms with Gasteiger partial charge in [-0.05, 0) is 44.6 Å². The van der Waals surface area contributed by atoms with E-state index in [4.69, 9.17) is 12.2 Å². The van der Waals surface area contributed by atoms with Crippen LogP contribution in [0.5, 0.6) is 5.88 Å². The Hall–Kier alpha value is -3.07. The average Bonchev–Trinajstić information content (AvgIpc) is 2.92. The molecule has 1 atom stereocenters. The van der Waals surface area contributed by atoms with Crippen LogP contribution in [0.25, 0.3) is 11.6 Å². The third kappa shape index (κ3) is 3.21. The number of aromatic nitrogens is 2. The Balaban J connectivity index is 2.24. The summed E-state index contributed by atoms with van der Waals surface area (Å²) in [5.41, 5.74) is 1.69. The van der Waals surface area contributed by atoms with Crippen molar-refractivity contribution in [1.82, 2.24) is 9.55 Å². The first kappa shape index (κ1) is 18.7. The van der Waals surface area contributed by atoms with E-state index in [1.165, 1.54) is 22.8 Å². The van der Waals surface area contributed by atoms with E-state index in [-0.39, 0.29) is 27.9 Å². The number of aliphatic imine (C=N–C) groups is 1. The SMILES string of the molecule is CC[C@@H](C)n1c(O)c(/C=C2/C(C)=Nc3ccc([N+](=O)[O-])cc32)c(=O)[nH]c1=S. The topological polar surface area (TPSA) is 114 Å². The molecule has 1 aromatic carbocycles. The number of nitro benzene ring substituents is 1. The molecule has 0 amide bonds. The summed E-state index contributed by atoms with van der Waals surface area (Å²) < 4.78 is 1.63. The lowest BCUT2D eigenvalue weighted by atomic mass is 10.0. The number of hydrogen-bond acceptors (Lipinski definition) is 6. The molecular weight excluding hydrogens is 368 g/mol. The first-order valence-electron chi connectivity index (χ1n) is 8.38. The molecule has 0 saturated heterocycles. The summed E-state index contributed by atoms with van der Waals surface area (Å²) in [4.78, 5) is 30.0. The number of hydrogen-bond donors (Lipinski definition) is 2. The molecule has 0 fully saturated rings. The van der Waals surface area contributed by atoms with Crippen LogP contribution in [-0.4, -0.2) is 25.3 Å². The minimum absolute atomic E-state index is 0.0350. The third-order valence-corrected chi connectivity index (χ3v) is 4.93. The van der Waals surface area contributed by atoms with Crippen molar-refractivity contribution in [3.8, 4) is 5.88 Å². The zero-order chi connectivity index (χ0) is 19.9. The molecule has 140 valence electrons. The van der Waals surface area contributed by atoms with Crippen molar-refractivity contribution >= 4 is 41.0 Å². The maximum atomic E-state index is 12.4. The van der Waals surface area contributed by atoms with Crippen LogP contribution in [-0.2, 0) is 0 Å². The van der Waals surface area contributed by atoms with E-state index in [2.05, 4.69) is 9.98 Å². The highest BCUT2D eigenvalue weighted by Crippen LogP contribution is 2.38. The summed E-state index contributed by atoms with van der Waals surface area (Å²) in [5.74, 6) is -0.239. The van der Waals surface area contributed by atoms with Crippen LogP contribution in [0.4, 0.5) is 11.4 Å². The second kappa shape index (κ2) is 6.92. The first-order valence-corrected chi connectivity index (χ1v) is 8.79. The van der Waals surface area contributed by atoms with E-state index in [1.807, 2.05) is 13.8 Å². The molecule has 0 spiro atoms. The van der Waals surface area contributed by atoms with Crippen molar-refractivity contribution in [1.29, 1.82) is 0 Å². The summed E-state index contributed by atoms with van der Waals surface area (Å²) in [6.45, 7) is 5.57. The van der Waals surface area contributed by atoms with E-state index in [9.17, 15) is 20.0 Å². The van der Waals surface area contributed by atoms with Gasteiger partial charge in [0.2, 0.25) is 5.88 Å². The van der Waals surface area contributed by atoms with Crippen LogP contribution in [0.3, 0.4) is 0 Å². The standard InChI is InChI=1S/C18H18N4O4S/c1-4-9(2)21-17(24)14(16(23)20-18(21)27)8-12-10(3)19-15-6-5-11(22(25)26)7-13(12)15/h5-9,24H,4H2,1-3H3,(H,20,23,27)/b12-8-/t9-/m1/s1. The normalized spacial score (nSPS) is 15.5. The highest BCUT2D eigenvalue weighted by Gasteiger charge is 2.23. The quantitative estimate of drug-likeness (QED) is 0.466. The van der Waals surface area contributed by atoms with E-state index in [0.717, 1.165) is 0 Å². The number of benzene rings is 1. The van der Waals surface area contributed by atoms with E-state index in [0.29, 0.717) is 29.0 Å². The minimum Gasteiger partial charge on any atom is -0.494 e. The smallest absolute Gasteiger partial charge is 0.270 e. The number of rotatable bonds is 4. The molecule has 0 saturated carbocycles. The van der Waals surface area contributed by atoms with Crippen LogP contribution in [0.2, 0.25) is 0 Å². The number of nitrogens with zero attached hydrogens (tertiary/aromatic N) is 3. The van der Waals surface area contributed by atoms with Gasteiger partial charge in [0.1, 0.15) is 5.56 Å². The molecule has 2 aromatic rings. The zero-order valence-corrected chi connectivity index (χ0v) is 15.8. The maximum Gasteiger partial charge on any atom is 0.270 e. The molecule has 1 aromatic heterocycles. The van der Waals surface area contributed by atoms with Crippen LogP contribution >= 0.6 is 12.2 Å². The Kier molecular flexibility index (Phi) is 4.79. The Morgan fingerprint density at radius 3 is 2.81 bits per heavy atom. The molecule has 0 bridgehead atoms. The van der Waals surface area contributed by atoms with Gasteiger partial charge in [0.05, 0.1) is 10.6 Å². The lowest BCUT2D eigenvalue weighted by Gasteiger charge is -2.17. The monoisotopic (exact) mass is 386 g/mol. The maximum absolute atomic E-state index is 12.4. The van der Waals surface area contributed by atoms with Crippen molar-refractivity contribution in [2.24, 2.45) is 4.99 Å². The van der Waals surface area contributed by atoms with Gasteiger partial charge in [-0.2, -0.15) is 0 Å². The Morgan fingerprint density at radius 2 is 2.19 bits per heavy atom. The molecule has 1 aliphatic heterocycles. The van der Waals surface area contributed by atoms with Gasteiger partial charge in [-0.25, -0.2) is 0 Å². The minimum atomic E-state index is -0.531. The predicted octanol–water partition coefficient (Wildman–Crippen LogP) is 4.14. The molecular formula is C18H18N4O4S.